The molecule has 0 spiro atoms. The Morgan fingerprint density at radius 2 is 2.00 bits per heavy atom. The fourth-order valence-electron chi connectivity index (χ4n) is 2.37. The van der Waals surface area contributed by atoms with Crippen molar-refractivity contribution < 1.29 is 4.74 Å². The minimum absolute atomic E-state index is 0.194. The van der Waals surface area contributed by atoms with Crippen molar-refractivity contribution in [2.75, 3.05) is 6.61 Å². The van der Waals surface area contributed by atoms with Gasteiger partial charge in [-0.15, -0.1) is 0 Å². The minimum atomic E-state index is 0.194. The lowest BCUT2D eigenvalue weighted by Gasteiger charge is -2.28. The molecule has 0 aliphatic heterocycles. The van der Waals surface area contributed by atoms with E-state index in [4.69, 9.17) is 10.5 Å². The average molecular weight is 247 g/mol. The Morgan fingerprint density at radius 1 is 1.28 bits per heavy atom. The van der Waals surface area contributed by atoms with Crippen molar-refractivity contribution in [2.45, 2.75) is 51.5 Å². The standard InChI is InChI=1S/C16H25NO/c1-2-3-11-18-15-9-7-14(8-10-15)16(17)12-13-5-4-6-13/h7-10,13,16H,2-6,11-12,17H2,1H3. The van der Waals surface area contributed by atoms with Gasteiger partial charge >= 0.3 is 0 Å². The molecule has 0 saturated heterocycles. The monoisotopic (exact) mass is 247 g/mol. The summed E-state index contributed by atoms with van der Waals surface area (Å²) in [4.78, 5) is 0. The summed E-state index contributed by atoms with van der Waals surface area (Å²) in [5.74, 6) is 1.82. The molecule has 1 aliphatic carbocycles. The Bertz CT molecular complexity index is 343. The highest BCUT2D eigenvalue weighted by Gasteiger charge is 2.20. The van der Waals surface area contributed by atoms with Gasteiger partial charge in [0.2, 0.25) is 0 Å². The molecular weight excluding hydrogens is 222 g/mol. The number of benzene rings is 1. The van der Waals surface area contributed by atoms with E-state index in [1.54, 1.807) is 0 Å². The van der Waals surface area contributed by atoms with Crippen molar-refractivity contribution in [1.29, 1.82) is 0 Å². The van der Waals surface area contributed by atoms with E-state index in [2.05, 4.69) is 19.1 Å². The fourth-order valence-corrected chi connectivity index (χ4v) is 2.37. The molecule has 1 unspecified atom stereocenters. The van der Waals surface area contributed by atoms with E-state index in [0.29, 0.717) is 0 Å². The number of ether oxygens (including phenoxy) is 1. The third-order valence-corrected chi connectivity index (χ3v) is 3.89. The molecule has 0 aromatic heterocycles. The molecule has 1 aromatic rings. The minimum Gasteiger partial charge on any atom is -0.494 e. The van der Waals surface area contributed by atoms with E-state index in [1.165, 1.54) is 31.2 Å². The second-order valence-electron chi connectivity index (χ2n) is 5.41. The predicted molar refractivity (Wildman–Crippen MR) is 75.7 cm³/mol. The van der Waals surface area contributed by atoms with Crippen molar-refractivity contribution in [3.8, 4) is 5.75 Å². The zero-order valence-electron chi connectivity index (χ0n) is 11.4. The molecule has 1 atom stereocenters. The molecule has 1 aliphatic rings. The van der Waals surface area contributed by atoms with Crippen LogP contribution in [0.25, 0.3) is 0 Å². The third kappa shape index (κ3) is 3.74. The summed E-state index contributed by atoms with van der Waals surface area (Å²) in [6, 6.07) is 8.52. The van der Waals surface area contributed by atoms with E-state index in [9.17, 15) is 0 Å². The van der Waals surface area contributed by atoms with E-state index in [-0.39, 0.29) is 6.04 Å². The zero-order chi connectivity index (χ0) is 12.8. The van der Waals surface area contributed by atoms with Crippen molar-refractivity contribution >= 4 is 0 Å². The Balaban J connectivity index is 1.81. The first-order valence-electron chi connectivity index (χ1n) is 7.28. The number of hydrogen-bond donors (Lipinski definition) is 1. The molecule has 2 rings (SSSR count). The summed E-state index contributed by atoms with van der Waals surface area (Å²) >= 11 is 0. The molecule has 18 heavy (non-hydrogen) atoms. The van der Waals surface area contributed by atoms with Gasteiger partial charge in [-0.05, 0) is 36.5 Å². The van der Waals surface area contributed by atoms with Gasteiger partial charge in [-0.3, -0.25) is 0 Å². The molecule has 1 fully saturated rings. The molecule has 2 heteroatoms. The summed E-state index contributed by atoms with van der Waals surface area (Å²) < 4.78 is 5.65. The van der Waals surface area contributed by atoms with Crippen LogP contribution >= 0.6 is 0 Å². The highest BCUT2D eigenvalue weighted by molar-refractivity contribution is 5.29. The number of unbranched alkanes of at least 4 members (excludes halogenated alkanes) is 1. The second-order valence-corrected chi connectivity index (χ2v) is 5.41. The summed E-state index contributed by atoms with van der Waals surface area (Å²) in [7, 11) is 0. The maximum atomic E-state index is 6.24. The quantitative estimate of drug-likeness (QED) is 0.738. The van der Waals surface area contributed by atoms with E-state index in [0.717, 1.165) is 31.1 Å². The van der Waals surface area contributed by atoms with Crippen LogP contribution in [0.1, 0.15) is 57.1 Å². The first kappa shape index (κ1) is 13.4. The Morgan fingerprint density at radius 3 is 2.56 bits per heavy atom. The first-order chi connectivity index (χ1) is 8.79. The van der Waals surface area contributed by atoms with Crippen molar-refractivity contribution in [2.24, 2.45) is 11.7 Å². The van der Waals surface area contributed by atoms with Gasteiger partial charge in [0.25, 0.3) is 0 Å². The molecule has 1 aromatic carbocycles. The molecule has 0 heterocycles. The van der Waals surface area contributed by atoms with Crippen LogP contribution in [0.15, 0.2) is 24.3 Å². The van der Waals surface area contributed by atoms with Crippen LogP contribution in [0.4, 0.5) is 0 Å². The van der Waals surface area contributed by atoms with Crippen LogP contribution in [-0.4, -0.2) is 6.61 Å². The number of hydrogen-bond acceptors (Lipinski definition) is 2. The molecule has 0 radical (unpaired) electrons. The Hall–Kier alpha value is -1.02. The third-order valence-electron chi connectivity index (χ3n) is 3.89. The molecule has 0 bridgehead atoms. The van der Waals surface area contributed by atoms with Gasteiger partial charge in [-0.2, -0.15) is 0 Å². The maximum Gasteiger partial charge on any atom is 0.119 e. The van der Waals surface area contributed by atoms with Crippen LogP contribution in [-0.2, 0) is 0 Å². The number of nitrogens with two attached hydrogens (primary N) is 1. The van der Waals surface area contributed by atoms with Gasteiger partial charge in [0.15, 0.2) is 0 Å². The van der Waals surface area contributed by atoms with Gasteiger partial charge in [-0.25, -0.2) is 0 Å². The van der Waals surface area contributed by atoms with Crippen LogP contribution in [0, 0.1) is 5.92 Å². The van der Waals surface area contributed by atoms with Crippen LogP contribution in [0.3, 0.4) is 0 Å². The van der Waals surface area contributed by atoms with E-state index < -0.39 is 0 Å². The van der Waals surface area contributed by atoms with E-state index >= 15 is 0 Å². The highest BCUT2D eigenvalue weighted by Crippen LogP contribution is 2.34. The van der Waals surface area contributed by atoms with Gasteiger partial charge in [-0.1, -0.05) is 44.7 Å². The van der Waals surface area contributed by atoms with Crippen LogP contribution in [0.2, 0.25) is 0 Å². The molecule has 1 saturated carbocycles. The molecule has 2 nitrogen and oxygen atoms in total. The zero-order valence-corrected chi connectivity index (χ0v) is 11.4. The Kier molecular flexibility index (Phi) is 5.06. The first-order valence-corrected chi connectivity index (χ1v) is 7.28. The molecule has 2 N–H and O–H groups in total. The summed E-state index contributed by atoms with van der Waals surface area (Å²) in [5, 5.41) is 0. The lowest BCUT2D eigenvalue weighted by molar-refractivity contribution is 0.277. The van der Waals surface area contributed by atoms with Crippen molar-refractivity contribution in [3.05, 3.63) is 29.8 Å². The molecule has 0 amide bonds. The van der Waals surface area contributed by atoms with Gasteiger partial charge in [0.05, 0.1) is 6.61 Å². The van der Waals surface area contributed by atoms with Gasteiger partial charge in [0, 0.05) is 6.04 Å². The molecule has 100 valence electrons. The van der Waals surface area contributed by atoms with Crippen molar-refractivity contribution in [3.63, 3.8) is 0 Å². The summed E-state index contributed by atoms with van der Waals surface area (Å²) in [6.45, 7) is 2.98. The smallest absolute Gasteiger partial charge is 0.119 e. The van der Waals surface area contributed by atoms with Gasteiger partial charge in [0.1, 0.15) is 5.75 Å². The lowest BCUT2D eigenvalue weighted by Crippen LogP contribution is -2.20. The van der Waals surface area contributed by atoms with E-state index in [1.807, 2.05) is 12.1 Å². The maximum absolute atomic E-state index is 6.24. The summed E-state index contributed by atoms with van der Waals surface area (Å²) in [6.07, 6.45) is 7.54. The lowest BCUT2D eigenvalue weighted by atomic mass is 9.80. The number of rotatable bonds is 7. The fraction of sp³-hybridized carbons (Fsp3) is 0.625. The van der Waals surface area contributed by atoms with Gasteiger partial charge < -0.3 is 10.5 Å². The average Bonchev–Trinajstić information content (AvgIpc) is 2.35. The normalized spacial score (nSPS) is 17.2. The van der Waals surface area contributed by atoms with Crippen LogP contribution in [0.5, 0.6) is 5.75 Å². The summed E-state index contributed by atoms with van der Waals surface area (Å²) in [5.41, 5.74) is 7.48. The SMILES string of the molecule is CCCCOc1ccc(C(N)CC2CCC2)cc1. The largest absolute Gasteiger partial charge is 0.494 e. The predicted octanol–water partition coefficient (Wildman–Crippen LogP) is 4.06. The Labute approximate surface area is 111 Å². The topological polar surface area (TPSA) is 35.2 Å². The van der Waals surface area contributed by atoms with Crippen LogP contribution < -0.4 is 10.5 Å². The highest BCUT2D eigenvalue weighted by atomic mass is 16.5. The molecular formula is C16H25NO. The second kappa shape index (κ2) is 6.79. The van der Waals surface area contributed by atoms with Crippen molar-refractivity contribution in [1.82, 2.24) is 0 Å².